The van der Waals surface area contributed by atoms with Gasteiger partial charge in [-0.15, -0.1) is 0 Å². The Morgan fingerprint density at radius 2 is 1.74 bits per heavy atom. The smallest absolute Gasteiger partial charge is 0.127 e. The fourth-order valence-electron chi connectivity index (χ4n) is 2.91. The maximum absolute atomic E-state index is 5.20. The number of rotatable bonds is 5. The first-order valence-electron chi connectivity index (χ1n) is 7.54. The van der Waals surface area contributed by atoms with E-state index in [0.29, 0.717) is 0 Å². The molecule has 1 unspecified atom stereocenters. The maximum atomic E-state index is 5.20. The molecule has 0 aromatic heterocycles. The highest BCUT2D eigenvalue weighted by Crippen LogP contribution is 2.10. The van der Waals surface area contributed by atoms with E-state index in [1.807, 2.05) is 0 Å². The first-order chi connectivity index (χ1) is 9.22. The predicted octanol–water partition coefficient (Wildman–Crippen LogP) is -0.223. The normalized spacial score (nSPS) is 25.0. The van der Waals surface area contributed by atoms with Gasteiger partial charge in [0.05, 0.1) is 13.2 Å². The van der Waals surface area contributed by atoms with Crippen LogP contribution in [0.5, 0.6) is 5.75 Å². The van der Waals surface area contributed by atoms with Gasteiger partial charge >= 0.3 is 0 Å². The quantitative estimate of drug-likeness (QED) is 0.752. The first kappa shape index (κ1) is 14.4. The second kappa shape index (κ2) is 6.92. The van der Waals surface area contributed by atoms with Gasteiger partial charge in [0.25, 0.3) is 0 Å². The van der Waals surface area contributed by atoms with Gasteiger partial charge in [0, 0.05) is 5.56 Å². The minimum absolute atomic E-state index is 0.822. The molecule has 1 atom stereocenters. The summed E-state index contributed by atoms with van der Waals surface area (Å²) < 4.78 is 5.20. The molecule has 0 bridgehead atoms. The molecule has 1 aromatic carbocycles. The second-order valence-corrected chi connectivity index (χ2v) is 5.74. The van der Waals surface area contributed by atoms with Crippen molar-refractivity contribution >= 4 is 0 Å². The third-order valence-electron chi connectivity index (χ3n) is 4.52. The van der Waals surface area contributed by atoms with Crippen molar-refractivity contribution in [3.63, 3.8) is 0 Å². The zero-order valence-corrected chi connectivity index (χ0v) is 12.5. The number of benzene rings is 1. The maximum Gasteiger partial charge on any atom is 0.127 e. The van der Waals surface area contributed by atoms with Crippen molar-refractivity contribution in [1.29, 1.82) is 0 Å². The Hall–Kier alpha value is -1.06. The fraction of sp³-hybridized carbons (Fsp3) is 0.625. The van der Waals surface area contributed by atoms with E-state index in [9.17, 15) is 0 Å². The van der Waals surface area contributed by atoms with Crippen molar-refractivity contribution in [2.45, 2.75) is 32.9 Å². The Bertz CT molecular complexity index is 369. The highest BCUT2D eigenvalue weighted by Gasteiger charge is 2.25. The van der Waals surface area contributed by atoms with E-state index in [2.05, 4.69) is 38.1 Å². The molecular weight excluding hydrogens is 236 g/mol. The molecule has 1 aliphatic heterocycles. The van der Waals surface area contributed by atoms with Crippen LogP contribution < -0.4 is 14.5 Å². The van der Waals surface area contributed by atoms with Crippen LogP contribution in [0.3, 0.4) is 0 Å². The molecule has 19 heavy (non-hydrogen) atoms. The predicted molar refractivity (Wildman–Crippen MR) is 77.8 cm³/mol. The number of nitrogens with one attached hydrogen (secondary N) is 2. The third-order valence-corrected chi connectivity index (χ3v) is 4.52. The molecule has 1 heterocycles. The topological polar surface area (TPSA) is 18.1 Å². The van der Waals surface area contributed by atoms with E-state index in [0.717, 1.165) is 18.3 Å². The molecule has 1 aliphatic rings. The van der Waals surface area contributed by atoms with Crippen molar-refractivity contribution < 1.29 is 14.5 Å². The summed E-state index contributed by atoms with van der Waals surface area (Å²) in [6.45, 7) is 11.1. The Kier molecular flexibility index (Phi) is 5.23. The van der Waals surface area contributed by atoms with Gasteiger partial charge in [-0.2, -0.15) is 0 Å². The molecule has 1 aromatic rings. The van der Waals surface area contributed by atoms with Crippen LogP contribution in [0.25, 0.3) is 0 Å². The van der Waals surface area contributed by atoms with Gasteiger partial charge in [0.1, 0.15) is 38.5 Å². The lowest BCUT2D eigenvalue weighted by Gasteiger charge is -2.33. The molecule has 1 saturated heterocycles. The second-order valence-electron chi connectivity index (χ2n) is 5.74. The summed E-state index contributed by atoms with van der Waals surface area (Å²) in [7, 11) is 1.72. The SMILES string of the molecule is CCC(C)[NH+]1CC[NH+](Cc2ccc(OC)cc2)CC1. The van der Waals surface area contributed by atoms with Crippen molar-refractivity contribution in [2.24, 2.45) is 0 Å². The van der Waals surface area contributed by atoms with Gasteiger partial charge in [-0.25, -0.2) is 0 Å². The first-order valence-corrected chi connectivity index (χ1v) is 7.54. The van der Waals surface area contributed by atoms with Crippen molar-refractivity contribution in [3.8, 4) is 5.75 Å². The molecule has 0 aliphatic carbocycles. The Morgan fingerprint density at radius 1 is 1.11 bits per heavy atom. The standard InChI is InChI=1S/C16H26N2O/c1-4-14(2)18-11-9-17(10-12-18)13-15-5-7-16(19-3)8-6-15/h5-8,14H,4,9-13H2,1-3H3/p+2. The summed E-state index contributed by atoms with van der Waals surface area (Å²) in [6.07, 6.45) is 1.29. The molecule has 1 fully saturated rings. The Morgan fingerprint density at radius 3 is 2.26 bits per heavy atom. The van der Waals surface area contributed by atoms with Gasteiger partial charge < -0.3 is 14.5 Å². The van der Waals surface area contributed by atoms with Crippen molar-refractivity contribution in [1.82, 2.24) is 0 Å². The molecule has 0 saturated carbocycles. The van der Waals surface area contributed by atoms with Gasteiger partial charge in [0.15, 0.2) is 0 Å². The summed E-state index contributed by atoms with van der Waals surface area (Å²) in [5, 5.41) is 0. The lowest BCUT2D eigenvalue weighted by molar-refractivity contribution is -1.03. The third kappa shape index (κ3) is 3.95. The molecule has 2 rings (SSSR count). The summed E-state index contributed by atoms with van der Waals surface area (Å²) in [6, 6.07) is 9.34. The van der Waals surface area contributed by atoms with Crippen molar-refractivity contribution in [2.75, 3.05) is 33.3 Å². The average Bonchev–Trinajstić information content (AvgIpc) is 2.48. The van der Waals surface area contributed by atoms with Gasteiger partial charge in [0.2, 0.25) is 0 Å². The highest BCUT2D eigenvalue weighted by molar-refractivity contribution is 5.26. The largest absolute Gasteiger partial charge is 0.497 e. The molecule has 106 valence electrons. The van der Waals surface area contributed by atoms with Crippen LogP contribution in [0.1, 0.15) is 25.8 Å². The Labute approximate surface area is 117 Å². The van der Waals surface area contributed by atoms with Crippen LogP contribution in [-0.4, -0.2) is 39.3 Å². The van der Waals surface area contributed by atoms with E-state index < -0.39 is 0 Å². The fourth-order valence-corrected chi connectivity index (χ4v) is 2.91. The highest BCUT2D eigenvalue weighted by atomic mass is 16.5. The zero-order valence-electron chi connectivity index (χ0n) is 12.5. The van der Waals surface area contributed by atoms with E-state index in [4.69, 9.17) is 4.74 Å². The number of hydrogen-bond donors (Lipinski definition) is 2. The molecule has 0 amide bonds. The van der Waals surface area contributed by atoms with Crippen LogP contribution in [0, 0.1) is 0 Å². The Balaban J connectivity index is 1.81. The van der Waals surface area contributed by atoms with Crippen molar-refractivity contribution in [3.05, 3.63) is 29.8 Å². The summed E-state index contributed by atoms with van der Waals surface area (Å²) >= 11 is 0. The number of quaternary nitrogens is 2. The van der Waals surface area contributed by atoms with Crippen LogP contribution in [-0.2, 0) is 6.54 Å². The molecule has 3 nitrogen and oxygen atoms in total. The lowest BCUT2D eigenvalue weighted by atomic mass is 10.1. The molecular formula is C16H28N2O+2. The number of hydrogen-bond acceptors (Lipinski definition) is 1. The van der Waals surface area contributed by atoms with Crippen LogP contribution in [0.15, 0.2) is 24.3 Å². The number of piperazine rings is 1. The van der Waals surface area contributed by atoms with Crippen LogP contribution in [0.2, 0.25) is 0 Å². The number of ether oxygens (including phenoxy) is 1. The van der Waals surface area contributed by atoms with Gasteiger partial charge in [-0.05, 0) is 37.6 Å². The summed E-state index contributed by atoms with van der Waals surface area (Å²) in [5.74, 6) is 0.949. The summed E-state index contributed by atoms with van der Waals surface area (Å²) in [4.78, 5) is 3.51. The molecule has 2 N–H and O–H groups in total. The van der Waals surface area contributed by atoms with Crippen LogP contribution in [0.4, 0.5) is 0 Å². The number of methoxy groups -OCH3 is 1. The van der Waals surface area contributed by atoms with Gasteiger partial charge in [-0.3, -0.25) is 0 Å². The van der Waals surface area contributed by atoms with Gasteiger partial charge in [-0.1, -0.05) is 6.92 Å². The van der Waals surface area contributed by atoms with Crippen LogP contribution >= 0.6 is 0 Å². The van der Waals surface area contributed by atoms with E-state index >= 15 is 0 Å². The molecule has 3 heteroatoms. The summed E-state index contributed by atoms with van der Waals surface area (Å²) in [5.41, 5.74) is 1.42. The monoisotopic (exact) mass is 264 g/mol. The minimum atomic E-state index is 0.822. The molecule has 0 spiro atoms. The van der Waals surface area contributed by atoms with E-state index in [1.165, 1.54) is 38.2 Å². The zero-order chi connectivity index (χ0) is 13.7. The minimum Gasteiger partial charge on any atom is -0.497 e. The van der Waals surface area contributed by atoms with E-state index in [-0.39, 0.29) is 0 Å². The molecule has 0 radical (unpaired) electrons. The average molecular weight is 264 g/mol. The lowest BCUT2D eigenvalue weighted by Crippen LogP contribution is -3.29. The van der Waals surface area contributed by atoms with E-state index in [1.54, 1.807) is 16.9 Å².